The molecule has 0 unspecified atom stereocenters. The van der Waals surface area contributed by atoms with E-state index in [1.807, 2.05) is 169 Å². The molecule has 28 nitrogen and oxygen atoms in total. The fourth-order valence-corrected chi connectivity index (χ4v) is 12.0. The molecule has 0 aliphatic heterocycles. The van der Waals surface area contributed by atoms with Crippen LogP contribution in [0, 0.1) is 0 Å². The molecule has 0 spiro atoms. The van der Waals surface area contributed by atoms with Gasteiger partial charge in [0.2, 0.25) is 11.1 Å². The van der Waals surface area contributed by atoms with E-state index >= 15 is 0 Å². The highest BCUT2D eigenvalue weighted by Crippen LogP contribution is 2.35. The third kappa shape index (κ3) is 21.6. The molecule has 29 heteroatoms. The lowest BCUT2D eigenvalue weighted by Crippen LogP contribution is -2.13. The first-order valence-electron chi connectivity index (χ1n) is 36.1. The minimum absolute atomic E-state index is 0.0361. The second kappa shape index (κ2) is 39.1. The van der Waals surface area contributed by atoms with Crippen LogP contribution in [0.1, 0.15) is 66.7 Å². The van der Waals surface area contributed by atoms with Crippen molar-refractivity contribution in [2.45, 2.75) is 71.0 Å². The number of pyridine rings is 6. The van der Waals surface area contributed by atoms with Crippen molar-refractivity contribution in [1.29, 1.82) is 0 Å². The number of carbonyl (C=O) groups excluding carboxylic acids is 6. The molecule has 0 aliphatic rings. The summed E-state index contributed by atoms with van der Waals surface area (Å²) >= 11 is 4.93. The van der Waals surface area contributed by atoms with E-state index in [2.05, 4.69) is 91.7 Å². The Hall–Kier alpha value is -14.7. The highest BCUT2D eigenvalue weighted by Gasteiger charge is 2.21. The number of hydrogen-bond acceptors (Lipinski definition) is 24. The summed E-state index contributed by atoms with van der Waals surface area (Å²) in [6.45, 7) is 1.51. The summed E-state index contributed by atoms with van der Waals surface area (Å²) in [7, 11) is 2.57. The molecule has 7 N–H and O–H groups in total. The molecular formula is C85H77ClN20O8. The molecule has 12 heterocycles. The number of primary amides is 1. The topological polar surface area (TPSA) is 377 Å². The number of rotatable bonds is 28. The summed E-state index contributed by atoms with van der Waals surface area (Å²) in [5.41, 5.74) is 26.8. The van der Waals surface area contributed by atoms with Gasteiger partial charge < -0.3 is 36.9 Å². The highest BCUT2D eigenvalue weighted by molar-refractivity contribution is 6.63. The summed E-state index contributed by atoms with van der Waals surface area (Å²) in [6.07, 6.45) is 21.7. The number of ether oxygens (including phenoxy) is 2. The Labute approximate surface area is 659 Å². The number of amides is 1. The maximum Gasteiger partial charge on any atom is 0.305 e. The zero-order valence-corrected chi connectivity index (χ0v) is 62.8. The van der Waals surface area contributed by atoms with E-state index in [0.717, 1.165) is 89.5 Å². The number of anilines is 4. The smallest absolute Gasteiger partial charge is 0.305 e. The van der Waals surface area contributed by atoms with Crippen molar-refractivity contribution < 1.29 is 38.2 Å². The molecule has 12 aromatic heterocycles. The second-order valence-electron chi connectivity index (χ2n) is 25.6. The van der Waals surface area contributed by atoms with Crippen LogP contribution in [0.2, 0.25) is 0 Å². The Morgan fingerprint density at radius 3 is 1.07 bits per heavy atom. The molecule has 1 amide bonds. The first kappa shape index (κ1) is 78.9. The van der Waals surface area contributed by atoms with Gasteiger partial charge in [0.15, 0.2) is 34.9 Å². The van der Waals surface area contributed by atoms with Crippen LogP contribution in [0.25, 0.3) is 84.1 Å². The van der Waals surface area contributed by atoms with Gasteiger partial charge in [-0.2, -0.15) is 0 Å². The van der Waals surface area contributed by atoms with E-state index in [0.29, 0.717) is 65.6 Å². The Bertz CT molecular complexity index is 5810. The Morgan fingerprint density at radius 2 is 0.737 bits per heavy atom. The first-order chi connectivity index (χ1) is 55.6. The number of nitrogen functional groups attached to an aromatic ring is 1. The number of Topliss-reactive ketones (excluding diaryl/α,β-unsaturated/α-hetero) is 2. The lowest BCUT2D eigenvalue weighted by atomic mass is 10.1. The van der Waals surface area contributed by atoms with Gasteiger partial charge in [0.25, 0.3) is 0 Å². The molecule has 3 aromatic carbocycles. The molecule has 0 radical (unpaired) electrons. The van der Waals surface area contributed by atoms with Crippen molar-refractivity contribution in [3.63, 3.8) is 0 Å². The van der Waals surface area contributed by atoms with E-state index in [9.17, 15) is 28.8 Å². The predicted molar refractivity (Wildman–Crippen MR) is 433 cm³/mol. The molecule has 15 rings (SSSR count). The van der Waals surface area contributed by atoms with Crippen LogP contribution < -0.4 is 27.4 Å². The van der Waals surface area contributed by atoms with E-state index < -0.39 is 23.1 Å². The number of halogens is 1. The van der Waals surface area contributed by atoms with Crippen LogP contribution >= 0.6 is 11.6 Å². The van der Waals surface area contributed by atoms with Crippen molar-refractivity contribution in [2.24, 2.45) is 5.73 Å². The quantitative estimate of drug-likeness (QED) is 0.0225. The van der Waals surface area contributed by atoms with E-state index in [1.165, 1.54) is 14.2 Å². The Balaban J connectivity index is 0.000000151. The minimum atomic E-state index is -0.514. The standard InChI is InChI=1S/C29H26N6O3.C28H25N7O2.C23H19N7.C5H7ClO3/c1-38-26(37)11-10-24(36)16-20-15-22(18-30-17-20)28-33-29(32-19-23-9-5-6-13-31-23)27-25(12-14-35(27)34-28)21-7-3-2-4-8-21;29-25(37)10-9-23(36)15-19-14-21(17-30-16-19)27-33-28(32-18-22-8-4-5-12-31-22)26-24(11-13-35(26)34-27)20-6-2-1-3-7-20;24-18-12-17(13-25-14-18)22-28-23(27-15-19-8-4-5-10-26-19)21-20(9-11-30(21)29-22)16-6-2-1-3-7-16;1-9-5(8)3-2-4(6)7/h2-9,12-15,17-18H,10-11,16,19H2,1H3,(H,32,33,34);1-8,11-14,16-17H,9-10,15,18H2,(H2,29,37)(H,32,33,34);1-14H,15,24H2,(H,27,28,29);2-3H2,1H3. The number of benzene rings is 3. The zero-order valence-electron chi connectivity index (χ0n) is 62.0. The number of ketones is 2. The molecule has 0 fully saturated rings. The minimum Gasteiger partial charge on any atom is -0.469 e. The van der Waals surface area contributed by atoms with Gasteiger partial charge in [-0.25, -0.2) is 28.5 Å². The van der Waals surface area contributed by atoms with Crippen molar-refractivity contribution >= 4 is 85.9 Å². The van der Waals surface area contributed by atoms with E-state index in [-0.39, 0.29) is 62.9 Å². The van der Waals surface area contributed by atoms with Crippen molar-refractivity contribution in [2.75, 3.05) is 35.9 Å². The van der Waals surface area contributed by atoms with Gasteiger partial charge in [-0.3, -0.25) is 58.7 Å². The van der Waals surface area contributed by atoms with Crippen LogP contribution in [0.15, 0.2) is 256 Å². The number of carbonyl (C=O) groups is 6. The van der Waals surface area contributed by atoms with Crippen LogP contribution in [0.3, 0.4) is 0 Å². The number of nitrogens with one attached hydrogen (secondary N) is 3. The van der Waals surface area contributed by atoms with Gasteiger partial charge in [-0.05, 0) is 112 Å². The third-order valence-corrected chi connectivity index (χ3v) is 17.6. The highest BCUT2D eigenvalue weighted by atomic mass is 35.5. The van der Waals surface area contributed by atoms with Crippen molar-refractivity contribution in [3.8, 4) is 67.5 Å². The molecule has 15 aromatic rings. The normalized spacial score (nSPS) is 10.7. The van der Waals surface area contributed by atoms with E-state index in [4.69, 9.17) is 53.3 Å². The summed E-state index contributed by atoms with van der Waals surface area (Å²) in [5, 5.41) is 24.0. The number of hydrogen-bond donors (Lipinski definition) is 5. The van der Waals surface area contributed by atoms with Crippen molar-refractivity contribution in [3.05, 3.63) is 285 Å². The number of fused-ring (bicyclic) bond motifs is 3. The van der Waals surface area contributed by atoms with Gasteiger partial charge in [0, 0.05) is 146 Å². The lowest BCUT2D eigenvalue weighted by Gasteiger charge is -2.12. The van der Waals surface area contributed by atoms with Crippen LogP contribution in [0.5, 0.6) is 0 Å². The fraction of sp³-hybridized carbons (Fsp3) is 0.153. The Kier molecular flexibility index (Phi) is 27.1. The molecule has 0 saturated carbocycles. The molecule has 0 atom stereocenters. The maximum absolute atomic E-state index is 12.4. The fourth-order valence-electron chi connectivity index (χ4n) is 11.9. The van der Waals surface area contributed by atoms with Crippen LogP contribution in [-0.2, 0) is 70.7 Å². The third-order valence-electron chi connectivity index (χ3n) is 17.4. The molecule has 114 heavy (non-hydrogen) atoms. The second-order valence-corrected chi connectivity index (χ2v) is 26.0. The molecule has 0 bridgehead atoms. The number of methoxy groups -OCH3 is 2. The van der Waals surface area contributed by atoms with E-state index in [1.54, 1.807) is 64.8 Å². The van der Waals surface area contributed by atoms with Crippen LogP contribution in [0.4, 0.5) is 23.1 Å². The molecule has 0 saturated heterocycles. The number of esters is 2. The van der Waals surface area contributed by atoms with Gasteiger partial charge in [0.05, 0.1) is 69.5 Å². The Morgan fingerprint density at radius 1 is 0.395 bits per heavy atom. The average molecular weight is 1540 g/mol. The summed E-state index contributed by atoms with van der Waals surface area (Å²) in [4.78, 5) is 108. The number of nitrogens with zero attached hydrogens (tertiary/aromatic N) is 15. The maximum atomic E-state index is 12.4. The van der Waals surface area contributed by atoms with Gasteiger partial charge in [0.1, 0.15) is 28.1 Å². The predicted octanol–water partition coefficient (Wildman–Crippen LogP) is 13.1. The van der Waals surface area contributed by atoms with Gasteiger partial charge >= 0.3 is 11.9 Å². The average Bonchev–Trinajstić information content (AvgIpc) is 1.61. The number of aromatic nitrogens is 15. The molecule has 0 aliphatic carbocycles. The monoisotopic (exact) mass is 1540 g/mol. The summed E-state index contributed by atoms with van der Waals surface area (Å²) in [6, 6.07) is 59.4. The van der Waals surface area contributed by atoms with Crippen molar-refractivity contribution in [1.82, 2.24) is 73.7 Å². The largest absolute Gasteiger partial charge is 0.469 e. The zero-order chi connectivity index (χ0) is 79.6. The molecular weight excluding hydrogens is 1460 g/mol. The lowest BCUT2D eigenvalue weighted by molar-refractivity contribution is -0.142. The summed E-state index contributed by atoms with van der Waals surface area (Å²) in [5.74, 6) is 2.05. The summed E-state index contributed by atoms with van der Waals surface area (Å²) < 4.78 is 14.3. The SMILES string of the molecule is COC(=O)CCC(=O)Cc1cncc(-c2nc(NCc3ccccn3)c3c(-c4ccccc4)ccn3n2)c1.COC(=O)CCC(=O)Cl.NC(=O)CCC(=O)Cc1cncc(-c2nc(NCc3ccccn3)c3c(-c4ccccc4)ccn3n2)c1.Nc1cncc(-c2nc(NCc3ccccn3)c3c(-c4ccccc4)ccn3n2)c1. The van der Waals surface area contributed by atoms with Gasteiger partial charge in [-0.15, -0.1) is 15.3 Å². The first-order valence-corrected chi connectivity index (χ1v) is 36.5. The van der Waals surface area contributed by atoms with Crippen LogP contribution in [-0.4, -0.2) is 123 Å². The molecule has 572 valence electrons. The van der Waals surface area contributed by atoms with Gasteiger partial charge in [-0.1, -0.05) is 109 Å². The number of nitrogens with two attached hydrogens (primary N) is 2.